The van der Waals surface area contributed by atoms with Crippen LogP contribution in [0.1, 0.15) is 25.8 Å². The zero-order valence-electron chi connectivity index (χ0n) is 11.1. The first-order valence-electron chi connectivity index (χ1n) is 6.19. The number of nitrogens with zero attached hydrogens (tertiary/aromatic N) is 1. The van der Waals surface area contributed by atoms with Crippen LogP contribution >= 0.6 is 27.7 Å². The van der Waals surface area contributed by atoms with Crippen molar-refractivity contribution >= 4 is 44.9 Å². The first-order valence-corrected chi connectivity index (χ1v) is 7.80. The van der Waals surface area contributed by atoms with E-state index in [1.807, 2.05) is 13.8 Å². The van der Waals surface area contributed by atoms with Crippen molar-refractivity contribution in [3.63, 3.8) is 0 Å². The first-order chi connectivity index (χ1) is 9.43. The van der Waals surface area contributed by atoms with Gasteiger partial charge in [-0.1, -0.05) is 13.0 Å². The Morgan fingerprint density at radius 3 is 2.75 bits per heavy atom. The molecule has 1 heterocycles. The van der Waals surface area contributed by atoms with E-state index in [0.29, 0.717) is 9.38 Å². The lowest BCUT2D eigenvalue weighted by molar-refractivity contribution is -0.124. The number of carbonyl (C=O) groups is 2. The highest BCUT2D eigenvalue weighted by atomic mass is 79.9. The fraction of sp³-hybridized carbons (Fsp3) is 0.286. The maximum absolute atomic E-state index is 12.2. The van der Waals surface area contributed by atoms with Crippen molar-refractivity contribution in [3.8, 4) is 5.75 Å². The minimum atomic E-state index is -0.251. The molecule has 1 aliphatic rings. The summed E-state index contributed by atoms with van der Waals surface area (Å²) in [6.07, 6.45) is 2.40. The molecule has 1 aromatic rings. The molecule has 0 aromatic heterocycles. The van der Waals surface area contributed by atoms with Crippen LogP contribution in [0.5, 0.6) is 5.75 Å². The first kappa shape index (κ1) is 15.1. The number of aromatic hydroxyl groups is 1. The minimum absolute atomic E-state index is 0.0973. The molecule has 20 heavy (non-hydrogen) atoms. The van der Waals surface area contributed by atoms with Crippen molar-refractivity contribution in [1.82, 2.24) is 4.90 Å². The third-order valence-corrected chi connectivity index (χ3v) is 4.64. The Balaban J connectivity index is 2.30. The SMILES string of the molecule is CCC(C)N1C(=O)S/C(=C/c2ccc(O)c(Br)c2)C1=O. The molecule has 6 heteroatoms. The number of halogens is 1. The Hall–Kier alpha value is -1.27. The standard InChI is InChI=1S/C14H14BrNO3S/c1-3-8(2)16-13(18)12(20-14(16)19)7-9-4-5-11(17)10(15)6-9/h4-8,17H,3H2,1-2H3/b12-7+. The van der Waals surface area contributed by atoms with E-state index < -0.39 is 0 Å². The van der Waals surface area contributed by atoms with Gasteiger partial charge in [-0.25, -0.2) is 0 Å². The van der Waals surface area contributed by atoms with Gasteiger partial charge in [-0.3, -0.25) is 14.5 Å². The summed E-state index contributed by atoms with van der Waals surface area (Å²) in [5, 5.41) is 9.22. The van der Waals surface area contributed by atoms with E-state index in [0.717, 1.165) is 23.7 Å². The zero-order chi connectivity index (χ0) is 14.9. The van der Waals surface area contributed by atoms with Crippen molar-refractivity contribution in [1.29, 1.82) is 0 Å². The normalized spacial score (nSPS) is 18.9. The largest absolute Gasteiger partial charge is 0.507 e. The van der Waals surface area contributed by atoms with Crippen LogP contribution in [0.4, 0.5) is 4.79 Å². The van der Waals surface area contributed by atoms with Crippen LogP contribution in [-0.4, -0.2) is 27.2 Å². The highest BCUT2D eigenvalue weighted by molar-refractivity contribution is 9.10. The molecule has 1 aromatic carbocycles. The van der Waals surface area contributed by atoms with Crippen LogP contribution in [0.25, 0.3) is 6.08 Å². The molecule has 0 bridgehead atoms. The zero-order valence-corrected chi connectivity index (χ0v) is 13.5. The molecule has 4 nitrogen and oxygen atoms in total. The number of phenols is 1. The maximum atomic E-state index is 12.2. The number of benzene rings is 1. The predicted molar refractivity (Wildman–Crippen MR) is 83.4 cm³/mol. The molecule has 2 amide bonds. The molecule has 1 N–H and O–H groups in total. The van der Waals surface area contributed by atoms with E-state index in [4.69, 9.17) is 0 Å². The van der Waals surface area contributed by atoms with Gasteiger partial charge < -0.3 is 5.11 Å². The van der Waals surface area contributed by atoms with Crippen molar-refractivity contribution in [3.05, 3.63) is 33.1 Å². The average Bonchev–Trinajstić information content (AvgIpc) is 2.68. The lowest BCUT2D eigenvalue weighted by atomic mass is 10.2. The van der Waals surface area contributed by atoms with Gasteiger partial charge in [-0.05, 0) is 64.8 Å². The highest BCUT2D eigenvalue weighted by Gasteiger charge is 2.37. The number of imide groups is 1. The fourth-order valence-electron chi connectivity index (χ4n) is 1.81. The second-order valence-corrected chi connectivity index (χ2v) is 6.37. The molecule has 1 unspecified atom stereocenters. The second kappa shape index (κ2) is 6.01. The van der Waals surface area contributed by atoms with E-state index in [1.165, 1.54) is 11.0 Å². The monoisotopic (exact) mass is 355 g/mol. The van der Waals surface area contributed by atoms with Crippen molar-refractivity contribution < 1.29 is 14.7 Å². The van der Waals surface area contributed by atoms with Crippen LogP contribution < -0.4 is 0 Å². The molecular formula is C14H14BrNO3S. The third-order valence-electron chi connectivity index (χ3n) is 3.12. The number of amides is 2. The molecular weight excluding hydrogens is 342 g/mol. The van der Waals surface area contributed by atoms with Crippen LogP contribution in [-0.2, 0) is 4.79 Å². The summed E-state index contributed by atoms with van der Waals surface area (Å²) < 4.78 is 0.549. The van der Waals surface area contributed by atoms with Crippen molar-refractivity contribution in [2.45, 2.75) is 26.3 Å². The third kappa shape index (κ3) is 2.91. The van der Waals surface area contributed by atoms with E-state index in [-0.39, 0.29) is 22.9 Å². The molecule has 1 saturated heterocycles. The van der Waals surface area contributed by atoms with Gasteiger partial charge in [0.1, 0.15) is 5.75 Å². The predicted octanol–water partition coefficient (Wildman–Crippen LogP) is 3.99. The summed E-state index contributed by atoms with van der Waals surface area (Å²) in [4.78, 5) is 25.8. The van der Waals surface area contributed by atoms with E-state index in [9.17, 15) is 14.7 Å². The van der Waals surface area contributed by atoms with Crippen LogP contribution in [0.3, 0.4) is 0 Å². The van der Waals surface area contributed by atoms with Crippen molar-refractivity contribution in [2.75, 3.05) is 0 Å². The Bertz CT molecular complexity index is 600. The van der Waals surface area contributed by atoms with Gasteiger partial charge in [-0.15, -0.1) is 0 Å². The summed E-state index contributed by atoms with van der Waals surface area (Å²) in [5.74, 6) is -0.117. The fourth-order valence-corrected chi connectivity index (χ4v) is 3.13. The van der Waals surface area contributed by atoms with E-state index in [2.05, 4.69) is 15.9 Å². The summed E-state index contributed by atoms with van der Waals surface area (Å²) in [6.45, 7) is 3.80. The van der Waals surface area contributed by atoms with Crippen LogP contribution in [0.2, 0.25) is 0 Å². The van der Waals surface area contributed by atoms with Crippen LogP contribution in [0, 0.1) is 0 Å². The molecule has 1 aliphatic heterocycles. The van der Waals surface area contributed by atoms with Gasteiger partial charge in [0.15, 0.2) is 0 Å². The second-order valence-electron chi connectivity index (χ2n) is 4.52. The topological polar surface area (TPSA) is 57.6 Å². The summed E-state index contributed by atoms with van der Waals surface area (Å²) in [6, 6.07) is 4.83. The van der Waals surface area contributed by atoms with Gasteiger partial charge in [0.2, 0.25) is 0 Å². The molecule has 1 fully saturated rings. The summed E-state index contributed by atoms with van der Waals surface area (Å²) >= 11 is 4.17. The lowest BCUT2D eigenvalue weighted by Gasteiger charge is -2.19. The minimum Gasteiger partial charge on any atom is -0.507 e. The lowest BCUT2D eigenvalue weighted by Crippen LogP contribution is -2.36. The maximum Gasteiger partial charge on any atom is 0.293 e. The highest BCUT2D eigenvalue weighted by Crippen LogP contribution is 2.35. The molecule has 2 rings (SSSR count). The van der Waals surface area contributed by atoms with Crippen LogP contribution in [0.15, 0.2) is 27.6 Å². The Morgan fingerprint density at radius 1 is 1.45 bits per heavy atom. The quantitative estimate of drug-likeness (QED) is 0.832. The van der Waals surface area contributed by atoms with E-state index >= 15 is 0 Å². The number of hydrogen-bond acceptors (Lipinski definition) is 4. The summed E-state index contributed by atoms with van der Waals surface area (Å²) in [7, 11) is 0. The van der Waals surface area contributed by atoms with Gasteiger partial charge in [0.25, 0.3) is 11.1 Å². The molecule has 106 valence electrons. The van der Waals surface area contributed by atoms with Crippen molar-refractivity contribution in [2.24, 2.45) is 0 Å². The smallest absolute Gasteiger partial charge is 0.293 e. The Labute approximate surface area is 130 Å². The molecule has 0 radical (unpaired) electrons. The average molecular weight is 356 g/mol. The Kier molecular flexibility index (Phi) is 4.55. The number of hydrogen-bond donors (Lipinski definition) is 1. The number of carbonyl (C=O) groups excluding carboxylic acids is 2. The molecule has 0 saturated carbocycles. The molecule has 0 spiro atoms. The number of thioether (sulfide) groups is 1. The molecule has 1 atom stereocenters. The molecule has 0 aliphatic carbocycles. The Morgan fingerprint density at radius 2 is 2.15 bits per heavy atom. The van der Waals surface area contributed by atoms with Gasteiger partial charge in [-0.2, -0.15) is 0 Å². The summed E-state index contributed by atoms with van der Waals surface area (Å²) in [5.41, 5.74) is 0.754. The van der Waals surface area contributed by atoms with Gasteiger partial charge in [0, 0.05) is 6.04 Å². The number of phenolic OH excluding ortho intramolecular Hbond substituents is 1. The number of rotatable bonds is 3. The van der Waals surface area contributed by atoms with E-state index in [1.54, 1.807) is 18.2 Å². The van der Waals surface area contributed by atoms with Gasteiger partial charge in [0.05, 0.1) is 9.38 Å². The van der Waals surface area contributed by atoms with Gasteiger partial charge >= 0.3 is 0 Å².